The van der Waals surface area contributed by atoms with E-state index in [0.717, 1.165) is 11.4 Å². The number of hydrogen-bond donors (Lipinski definition) is 1. The molecule has 0 aliphatic carbocycles. The average Bonchev–Trinajstić information content (AvgIpc) is 2.83. The first-order valence-electron chi connectivity index (χ1n) is 6.33. The molecule has 7 heteroatoms. The number of hydrogen-bond acceptors (Lipinski definition) is 2. The molecule has 1 aromatic heterocycles. The van der Waals surface area contributed by atoms with Crippen LogP contribution in [0.3, 0.4) is 0 Å². The maximum Gasteiger partial charge on any atom is 0.389 e. The summed E-state index contributed by atoms with van der Waals surface area (Å²) in [6.45, 7) is 1.87. The molecule has 0 aliphatic heterocycles. The summed E-state index contributed by atoms with van der Waals surface area (Å²) < 4.78 is 37.7. The fourth-order valence-electron chi connectivity index (χ4n) is 1.74. The van der Waals surface area contributed by atoms with E-state index in [1.807, 2.05) is 13.0 Å². The fraction of sp³-hybridized carbons (Fsp3) is 0.286. The Morgan fingerprint density at radius 1 is 1.24 bits per heavy atom. The Morgan fingerprint density at radius 3 is 2.43 bits per heavy atom. The largest absolute Gasteiger partial charge is 0.389 e. The van der Waals surface area contributed by atoms with Crippen LogP contribution in [0.5, 0.6) is 0 Å². The number of amides is 1. The van der Waals surface area contributed by atoms with Gasteiger partial charge in [-0.1, -0.05) is 0 Å². The Bertz CT molecular complexity index is 617. The lowest BCUT2D eigenvalue weighted by molar-refractivity contribution is -0.142. The van der Waals surface area contributed by atoms with Crippen molar-refractivity contribution in [2.24, 2.45) is 0 Å². The molecule has 2 aromatic rings. The molecular weight excluding hydrogens is 283 g/mol. The molecule has 0 radical (unpaired) electrons. The first kappa shape index (κ1) is 15.1. The molecule has 0 unspecified atom stereocenters. The second-order valence-corrected chi connectivity index (χ2v) is 4.61. The zero-order chi connectivity index (χ0) is 15.5. The summed E-state index contributed by atoms with van der Waals surface area (Å²) in [7, 11) is 0. The number of rotatable bonds is 4. The van der Waals surface area contributed by atoms with Crippen LogP contribution in [-0.2, 0) is 4.79 Å². The first-order chi connectivity index (χ1) is 9.83. The first-order valence-corrected chi connectivity index (χ1v) is 6.33. The van der Waals surface area contributed by atoms with Crippen LogP contribution in [0.25, 0.3) is 5.69 Å². The predicted molar refractivity (Wildman–Crippen MR) is 72.2 cm³/mol. The van der Waals surface area contributed by atoms with Crippen LogP contribution < -0.4 is 5.32 Å². The third-order valence-corrected chi connectivity index (χ3v) is 2.77. The molecule has 1 amide bonds. The van der Waals surface area contributed by atoms with Crippen LogP contribution in [0.1, 0.15) is 18.5 Å². The van der Waals surface area contributed by atoms with Crippen molar-refractivity contribution in [2.75, 3.05) is 5.32 Å². The van der Waals surface area contributed by atoms with E-state index in [1.54, 1.807) is 35.1 Å². The Balaban J connectivity index is 1.95. The minimum absolute atomic E-state index is 0.454. The monoisotopic (exact) mass is 297 g/mol. The van der Waals surface area contributed by atoms with E-state index >= 15 is 0 Å². The lowest BCUT2D eigenvalue weighted by Gasteiger charge is -2.08. The van der Waals surface area contributed by atoms with E-state index in [9.17, 15) is 18.0 Å². The van der Waals surface area contributed by atoms with Crippen LogP contribution in [0.4, 0.5) is 18.9 Å². The van der Waals surface area contributed by atoms with Gasteiger partial charge in [0.1, 0.15) is 0 Å². The standard InChI is InChI=1S/C14H14F3N3O/c1-10-7-9-20(19-10)12-4-2-11(3-5-12)18-13(21)6-8-14(15,16)17/h2-5,7,9H,6,8H2,1H3,(H,18,21). The van der Waals surface area contributed by atoms with Gasteiger partial charge in [-0.3, -0.25) is 4.79 Å². The highest BCUT2D eigenvalue weighted by molar-refractivity contribution is 5.90. The third-order valence-electron chi connectivity index (χ3n) is 2.77. The number of carbonyl (C=O) groups is 1. The van der Waals surface area contributed by atoms with Gasteiger partial charge in [-0.25, -0.2) is 4.68 Å². The summed E-state index contributed by atoms with van der Waals surface area (Å²) in [5, 5.41) is 6.66. The number of aryl methyl sites for hydroxylation is 1. The van der Waals surface area contributed by atoms with E-state index in [1.165, 1.54) is 0 Å². The number of benzene rings is 1. The molecule has 4 nitrogen and oxygen atoms in total. The second kappa shape index (κ2) is 5.99. The molecule has 21 heavy (non-hydrogen) atoms. The number of alkyl halides is 3. The van der Waals surface area contributed by atoms with Gasteiger partial charge >= 0.3 is 6.18 Å². The molecule has 0 aliphatic rings. The highest BCUT2D eigenvalue weighted by Crippen LogP contribution is 2.21. The van der Waals surface area contributed by atoms with Gasteiger partial charge in [-0.2, -0.15) is 18.3 Å². The quantitative estimate of drug-likeness (QED) is 0.939. The molecule has 1 aromatic carbocycles. The summed E-state index contributed by atoms with van der Waals surface area (Å²) in [6.07, 6.45) is -4.22. The van der Waals surface area contributed by atoms with E-state index < -0.39 is 24.9 Å². The average molecular weight is 297 g/mol. The van der Waals surface area contributed by atoms with Gasteiger partial charge in [-0.15, -0.1) is 0 Å². The van der Waals surface area contributed by atoms with Gasteiger partial charge in [-0.05, 0) is 37.3 Å². The molecule has 0 saturated carbocycles. The highest BCUT2D eigenvalue weighted by Gasteiger charge is 2.27. The molecule has 0 atom stereocenters. The number of anilines is 1. The molecule has 0 saturated heterocycles. The summed E-state index contributed by atoms with van der Waals surface area (Å²) >= 11 is 0. The van der Waals surface area contributed by atoms with Gasteiger partial charge in [0.2, 0.25) is 5.91 Å². The summed E-state index contributed by atoms with van der Waals surface area (Å²) in [6, 6.07) is 8.56. The van der Waals surface area contributed by atoms with Crippen molar-refractivity contribution in [3.05, 3.63) is 42.2 Å². The molecule has 1 heterocycles. The molecule has 1 N–H and O–H groups in total. The van der Waals surface area contributed by atoms with Crippen molar-refractivity contribution in [1.82, 2.24) is 9.78 Å². The Labute approximate surface area is 119 Å². The smallest absolute Gasteiger partial charge is 0.326 e. The van der Waals surface area contributed by atoms with Crippen molar-refractivity contribution in [3.8, 4) is 5.69 Å². The minimum atomic E-state index is -4.32. The van der Waals surface area contributed by atoms with Crippen molar-refractivity contribution in [3.63, 3.8) is 0 Å². The fourth-order valence-corrected chi connectivity index (χ4v) is 1.74. The third kappa shape index (κ3) is 4.62. The number of nitrogens with one attached hydrogen (secondary N) is 1. The summed E-state index contributed by atoms with van der Waals surface area (Å²) in [5.74, 6) is -0.657. The number of carbonyl (C=O) groups excluding carboxylic acids is 1. The van der Waals surface area contributed by atoms with Crippen molar-refractivity contribution in [2.45, 2.75) is 25.9 Å². The van der Waals surface area contributed by atoms with Gasteiger partial charge in [0.05, 0.1) is 17.8 Å². The SMILES string of the molecule is Cc1ccn(-c2ccc(NC(=O)CCC(F)(F)F)cc2)n1. The highest BCUT2D eigenvalue weighted by atomic mass is 19.4. The number of aromatic nitrogens is 2. The predicted octanol–water partition coefficient (Wildman–Crippen LogP) is 3.46. The molecule has 112 valence electrons. The van der Waals surface area contributed by atoms with E-state index in [0.29, 0.717) is 5.69 Å². The van der Waals surface area contributed by atoms with Crippen LogP contribution in [0.2, 0.25) is 0 Å². The second-order valence-electron chi connectivity index (χ2n) is 4.61. The maximum absolute atomic E-state index is 12.0. The summed E-state index contributed by atoms with van der Waals surface area (Å²) in [5.41, 5.74) is 2.13. The van der Waals surface area contributed by atoms with Crippen molar-refractivity contribution in [1.29, 1.82) is 0 Å². The van der Waals surface area contributed by atoms with Crippen molar-refractivity contribution < 1.29 is 18.0 Å². The van der Waals surface area contributed by atoms with E-state index in [-0.39, 0.29) is 0 Å². The zero-order valence-corrected chi connectivity index (χ0v) is 11.3. The Hall–Kier alpha value is -2.31. The lowest BCUT2D eigenvalue weighted by Crippen LogP contribution is -2.16. The Morgan fingerprint density at radius 2 is 1.90 bits per heavy atom. The van der Waals surface area contributed by atoms with Gasteiger partial charge in [0.25, 0.3) is 0 Å². The maximum atomic E-state index is 12.0. The number of halogens is 3. The Kier molecular flexibility index (Phi) is 4.30. The normalized spacial score (nSPS) is 11.4. The lowest BCUT2D eigenvalue weighted by atomic mass is 10.2. The van der Waals surface area contributed by atoms with Crippen LogP contribution in [0.15, 0.2) is 36.5 Å². The van der Waals surface area contributed by atoms with E-state index in [2.05, 4.69) is 10.4 Å². The van der Waals surface area contributed by atoms with E-state index in [4.69, 9.17) is 0 Å². The van der Waals surface area contributed by atoms with Crippen LogP contribution in [-0.4, -0.2) is 21.9 Å². The van der Waals surface area contributed by atoms with Gasteiger partial charge in [0.15, 0.2) is 0 Å². The molecule has 0 fully saturated rings. The van der Waals surface area contributed by atoms with Crippen molar-refractivity contribution >= 4 is 11.6 Å². The summed E-state index contributed by atoms with van der Waals surface area (Å²) in [4.78, 5) is 11.4. The molecule has 2 rings (SSSR count). The number of nitrogens with zero attached hydrogens (tertiary/aromatic N) is 2. The van der Waals surface area contributed by atoms with Crippen LogP contribution in [0, 0.1) is 6.92 Å². The zero-order valence-electron chi connectivity index (χ0n) is 11.3. The van der Waals surface area contributed by atoms with Gasteiger partial charge in [0, 0.05) is 18.3 Å². The topological polar surface area (TPSA) is 46.9 Å². The van der Waals surface area contributed by atoms with Crippen LogP contribution >= 0.6 is 0 Å². The van der Waals surface area contributed by atoms with Gasteiger partial charge < -0.3 is 5.32 Å². The minimum Gasteiger partial charge on any atom is -0.326 e. The molecule has 0 spiro atoms. The molecular formula is C14H14F3N3O. The molecule has 0 bridgehead atoms.